The molecule has 25 heavy (non-hydrogen) atoms. The molecular weight excluding hydrogens is 345 g/mol. The number of rotatable bonds is 9. The first-order valence-corrected chi connectivity index (χ1v) is 9.03. The van der Waals surface area contributed by atoms with Gasteiger partial charge in [-0.05, 0) is 43.0 Å². The number of halogens is 1. The summed E-state index contributed by atoms with van der Waals surface area (Å²) >= 11 is 1.29. The van der Waals surface area contributed by atoms with E-state index in [2.05, 4.69) is 0 Å². The van der Waals surface area contributed by atoms with Crippen LogP contribution in [-0.2, 0) is 9.53 Å². The van der Waals surface area contributed by atoms with E-state index in [0.717, 1.165) is 4.70 Å². The molecule has 1 atom stereocenters. The summed E-state index contributed by atoms with van der Waals surface area (Å²) < 4.78 is 19.4. The van der Waals surface area contributed by atoms with E-state index in [1.54, 1.807) is 24.0 Å². The number of amides is 1. The Labute approximate surface area is 150 Å². The summed E-state index contributed by atoms with van der Waals surface area (Å²) in [6.07, 6.45) is 0.630. The van der Waals surface area contributed by atoms with Gasteiger partial charge in [-0.15, -0.1) is 11.3 Å². The van der Waals surface area contributed by atoms with Crippen molar-refractivity contribution in [3.8, 4) is 0 Å². The molecule has 1 heterocycles. The van der Waals surface area contributed by atoms with E-state index in [4.69, 9.17) is 9.84 Å². The number of benzene rings is 1. The van der Waals surface area contributed by atoms with E-state index < -0.39 is 11.9 Å². The van der Waals surface area contributed by atoms with E-state index in [1.807, 2.05) is 6.92 Å². The molecule has 0 saturated heterocycles. The number of hydrogen-bond donors (Lipinski definition) is 1. The molecule has 0 saturated carbocycles. The van der Waals surface area contributed by atoms with E-state index in [-0.39, 0.29) is 18.3 Å². The molecule has 7 heteroatoms. The second kappa shape index (κ2) is 8.92. The third-order valence-electron chi connectivity index (χ3n) is 3.81. The average molecular weight is 367 g/mol. The van der Waals surface area contributed by atoms with Gasteiger partial charge in [0.1, 0.15) is 5.82 Å². The van der Waals surface area contributed by atoms with Crippen molar-refractivity contribution in [1.29, 1.82) is 0 Å². The lowest BCUT2D eigenvalue weighted by Crippen LogP contribution is -2.37. The second-order valence-corrected chi connectivity index (χ2v) is 6.92. The summed E-state index contributed by atoms with van der Waals surface area (Å²) in [5.74, 6) is -2.19. The fourth-order valence-corrected chi connectivity index (χ4v) is 3.47. The van der Waals surface area contributed by atoms with Gasteiger partial charge >= 0.3 is 5.97 Å². The van der Waals surface area contributed by atoms with Crippen LogP contribution in [0.3, 0.4) is 0 Å². The van der Waals surface area contributed by atoms with Gasteiger partial charge in [-0.3, -0.25) is 9.59 Å². The standard InChI is InChI=1S/C18H22FNO4S/c1-3-24-8-4-7-20(11-12(2)18(22)23)17(21)16-10-13-9-14(19)5-6-15(13)25-16/h5-6,9-10,12H,3-4,7-8,11H2,1-2H3,(H,22,23). The zero-order chi connectivity index (χ0) is 18.4. The maximum atomic E-state index is 13.3. The van der Waals surface area contributed by atoms with Crippen LogP contribution in [-0.4, -0.2) is 48.2 Å². The van der Waals surface area contributed by atoms with E-state index in [1.165, 1.54) is 23.5 Å². The maximum absolute atomic E-state index is 13.3. The predicted molar refractivity (Wildman–Crippen MR) is 95.6 cm³/mol. The van der Waals surface area contributed by atoms with Crippen LogP contribution in [0.5, 0.6) is 0 Å². The minimum Gasteiger partial charge on any atom is -0.481 e. The van der Waals surface area contributed by atoms with Crippen LogP contribution in [0.4, 0.5) is 4.39 Å². The fraction of sp³-hybridized carbons (Fsp3) is 0.444. The molecule has 5 nitrogen and oxygen atoms in total. The lowest BCUT2D eigenvalue weighted by atomic mass is 10.1. The zero-order valence-electron chi connectivity index (χ0n) is 14.3. The van der Waals surface area contributed by atoms with Crippen LogP contribution >= 0.6 is 11.3 Å². The molecule has 0 radical (unpaired) electrons. The van der Waals surface area contributed by atoms with Crippen molar-refractivity contribution >= 4 is 33.3 Å². The molecule has 2 aromatic rings. The van der Waals surface area contributed by atoms with Crippen molar-refractivity contribution in [3.05, 3.63) is 35.0 Å². The van der Waals surface area contributed by atoms with Gasteiger partial charge in [-0.1, -0.05) is 6.92 Å². The number of carbonyl (C=O) groups is 2. The molecule has 136 valence electrons. The molecule has 0 fully saturated rings. The van der Waals surface area contributed by atoms with E-state index >= 15 is 0 Å². The van der Waals surface area contributed by atoms with Crippen LogP contribution in [0.15, 0.2) is 24.3 Å². The Balaban J connectivity index is 2.17. The van der Waals surface area contributed by atoms with Crippen LogP contribution in [0.2, 0.25) is 0 Å². The summed E-state index contributed by atoms with van der Waals surface area (Å²) in [5.41, 5.74) is 0. The fourth-order valence-electron chi connectivity index (χ4n) is 2.46. The summed E-state index contributed by atoms with van der Waals surface area (Å²) in [6.45, 7) is 5.12. The molecule has 1 aromatic heterocycles. The van der Waals surface area contributed by atoms with Crippen LogP contribution in [0.25, 0.3) is 10.1 Å². The summed E-state index contributed by atoms with van der Waals surface area (Å²) in [6, 6.07) is 6.05. The first-order valence-electron chi connectivity index (χ1n) is 8.21. The molecular formula is C18H22FNO4S. The zero-order valence-corrected chi connectivity index (χ0v) is 15.1. The minimum atomic E-state index is -0.944. The Morgan fingerprint density at radius 1 is 1.36 bits per heavy atom. The number of carboxylic acid groups (broad SMARTS) is 1. The quantitative estimate of drug-likeness (QED) is 0.687. The average Bonchev–Trinajstić information content (AvgIpc) is 2.99. The number of fused-ring (bicyclic) bond motifs is 1. The number of carboxylic acids is 1. The van der Waals surface area contributed by atoms with Gasteiger partial charge in [0.15, 0.2) is 0 Å². The molecule has 0 aliphatic rings. The predicted octanol–water partition coefficient (Wildman–Crippen LogP) is 3.63. The Morgan fingerprint density at radius 3 is 2.80 bits per heavy atom. The Hall–Kier alpha value is -1.99. The smallest absolute Gasteiger partial charge is 0.308 e. The molecule has 1 amide bonds. The largest absolute Gasteiger partial charge is 0.481 e. The second-order valence-electron chi connectivity index (χ2n) is 5.83. The highest BCUT2D eigenvalue weighted by Crippen LogP contribution is 2.27. The monoisotopic (exact) mass is 367 g/mol. The van der Waals surface area contributed by atoms with Crippen molar-refractivity contribution in [2.75, 3.05) is 26.3 Å². The Morgan fingerprint density at radius 2 is 2.12 bits per heavy atom. The molecule has 0 aliphatic carbocycles. The number of hydrogen-bond acceptors (Lipinski definition) is 4. The van der Waals surface area contributed by atoms with Crippen LogP contribution in [0.1, 0.15) is 29.9 Å². The van der Waals surface area contributed by atoms with Crippen molar-refractivity contribution in [1.82, 2.24) is 4.90 Å². The van der Waals surface area contributed by atoms with Crippen molar-refractivity contribution < 1.29 is 23.8 Å². The number of carbonyl (C=O) groups excluding carboxylic acids is 1. The third kappa shape index (κ3) is 5.24. The molecule has 1 N–H and O–H groups in total. The van der Waals surface area contributed by atoms with E-state index in [0.29, 0.717) is 36.4 Å². The summed E-state index contributed by atoms with van der Waals surface area (Å²) in [5, 5.41) is 9.81. The van der Waals surface area contributed by atoms with E-state index in [9.17, 15) is 14.0 Å². The van der Waals surface area contributed by atoms with Crippen molar-refractivity contribution in [2.24, 2.45) is 5.92 Å². The molecule has 2 rings (SSSR count). The molecule has 0 spiro atoms. The topological polar surface area (TPSA) is 66.8 Å². The number of thiophene rings is 1. The summed E-state index contributed by atoms with van der Waals surface area (Å²) in [7, 11) is 0. The van der Waals surface area contributed by atoms with Gasteiger partial charge in [0.05, 0.1) is 10.8 Å². The van der Waals surface area contributed by atoms with Crippen molar-refractivity contribution in [2.45, 2.75) is 20.3 Å². The molecule has 0 bridgehead atoms. The third-order valence-corrected chi connectivity index (χ3v) is 4.92. The number of ether oxygens (including phenoxy) is 1. The first-order chi connectivity index (χ1) is 11.9. The Bertz CT molecular complexity index is 746. The summed E-state index contributed by atoms with van der Waals surface area (Å²) in [4.78, 5) is 26.0. The Kier molecular flexibility index (Phi) is 6.90. The molecule has 1 aromatic carbocycles. The number of nitrogens with zero attached hydrogens (tertiary/aromatic N) is 1. The van der Waals surface area contributed by atoms with Crippen LogP contribution in [0, 0.1) is 11.7 Å². The lowest BCUT2D eigenvalue weighted by molar-refractivity contribution is -0.141. The van der Waals surface area contributed by atoms with Gasteiger partial charge in [-0.2, -0.15) is 0 Å². The normalized spacial score (nSPS) is 12.3. The SMILES string of the molecule is CCOCCCN(CC(C)C(=O)O)C(=O)c1cc2cc(F)ccc2s1. The lowest BCUT2D eigenvalue weighted by Gasteiger charge is -2.24. The molecule has 0 aliphatic heterocycles. The van der Waals surface area contributed by atoms with Crippen LogP contribution < -0.4 is 0 Å². The van der Waals surface area contributed by atoms with Gasteiger partial charge < -0.3 is 14.7 Å². The highest BCUT2D eigenvalue weighted by atomic mass is 32.1. The highest BCUT2D eigenvalue weighted by Gasteiger charge is 2.23. The van der Waals surface area contributed by atoms with Gasteiger partial charge in [-0.25, -0.2) is 4.39 Å². The van der Waals surface area contributed by atoms with Gasteiger partial charge in [0.25, 0.3) is 5.91 Å². The first kappa shape index (κ1) is 19.3. The van der Waals surface area contributed by atoms with Gasteiger partial charge in [0, 0.05) is 31.0 Å². The minimum absolute atomic E-state index is 0.128. The maximum Gasteiger partial charge on any atom is 0.308 e. The highest BCUT2D eigenvalue weighted by molar-refractivity contribution is 7.20. The van der Waals surface area contributed by atoms with Gasteiger partial charge in [0.2, 0.25) is 0 Å². The van der Waals surface area contributed by atoms with Crippen molar-refractivity contribution in [3.63, 3.8) is 0 Å². The number of aliphatic carboxylic acids is 1. The molecule has 1 unspecified atom stereocenters.